The summed E-state index contributed by atoms with van der Waals surface area (Å²) in [6.45, 7) is 3.65. The first-order valence-corrected chi connectivity index (χ1v) is 7.84. The van der Waals surface area contributed by atoms with Gasteiger partial charge in [-0.25, -0.2) is 0 Å². The number of ether oxygens (including phenoxy) is 1. The van der Waals surface area contributed by atoms with E-state index in [1.807, 2.05) is 19.2 Å². The van der Waals surface area contributed by atoms with Gasteiger partial charge in [0.1, 0.15) is 5.75 Å². The maximum Gasteiger partial charge on any atom is 0.247 e. The quantitative estimate of drug-likeness (QED) is 0.741. The van der Waals surface area contributed by atoms with Crippen LogP contribution < -0.4 is 10.1 Å². The van der Waals surface area contributed by atoms with Gasteiger partial charge >= 0.3 is 0 Å². The average molecular weight is 341 g/mol. The van der Waals surface area contributed by atoms with E-state index in [0.717, 1.165) is 0 Å². The van der Waals surface area contributed by atoms with Gasteiger partial charge in [0.25, 0.3) is 0 Å². The van der Waals surface area contributed by atoms with Crippen molar-refractivity contribution in [1.29, 1.82) is 0 Å². The highest BCUT2D eigenvalue weighted by Gasteiger charge is 2.15. The molecule has 0 aliphatic carbocycles. The lowest BCUT2D eigenvalue weighted by Crippen LogP contribution is -2.18. The molecule has 3 rings (SSSR count). The molecule has 3 aromatic rings. The number of aromatic nitrogens is 4. The largest absolute Gasteiger partial charge is 0.495 e. The molecule has 0 spiro atoms. The maximum absolute atomic E-state index is 12.4. The number of anilines is 1. The molecule has 0 bridgehead atoms. The summed E-state index contributed by atoms with van der Waals surface area (Å²) in [5, 5.41) is 14.8. The highest BCUT2D eigenvalue weighted by Crippen LogP contribution is 2.30. The van der Waals surface area contributed by atoms with E-state index in [1.165, 1.54) is 0 Å². The molecule has 1 aromatic carbocycles. The summed E-state index contributed by atoms with van der Waals surface area (Å²) < 4.78 is 12.5. The molecule has 1 atom stereocenters. The van der Waals surface area contributed by atoms with Gasteiger partial charge in [-0.05, 0) is 31.2 Å². The monoisotopic (exact) mass is 341 g/mol. The summed E-state index contributed by atoms with van der Waals surface area (Å²) in [6, 6.07) is 7.08. The first kappa shape index (κ1) is 16.7. The molecule has 25 heavy (non-hydrogen) atoms. The van der Waals surface area contributed by atoms with Crippen LogP contribution in [0.15, 0.2) is 41.1 Å². The predicted octanol–water partition coefficient (Wildman–Crippen LogP) is 2.84. The number of carbonyl (C=O) groups excluding carboxylic acids is 1. The topological polar surface area (TPSA) is 95.1 Å². The average Bonchev–Trinajstić information content (AvgIpc) is 3.26. The molecule has 0 fully saturated rings. The van der Waals surface area contributed by atoms with Crippen molar-refractivity contribution in [3.05, 3.63) is 42.5 Å². The van der Waals surface area contributed by atoms with Crippen molar-refractivity contribution >= 4 is 11.6 Å². The van der Waals surface area contributed by atoms with Crippen LogP contribution in [0.2, 0.25) is 0 Å². The van der Waals surface area contributed by atoms with Gasteiger partial charge in [-0.2, -0.15) is 5.10 Å². The number of hydrogen-bond acceptors (Lipinski definition) is 6. The lowest BCUT2D eigenvalue weighted by Gasteiger charge is -2.14. The number of aryl methyl sites for hydroxylation is 1. The second-order valence-corrected chi connectivity index (χ2v) is 5.63. The van der Waals surface area contributed by atoms with E-state index >= 15 is 0 Å². The van der Waals surface area contributed by atoms with E-state index in [9.17, 15) is 4.79 Å². The summed E-state index contributed by atoms with van der Waals surface area (Å²) in [4.78, 5) is 12.4. The number of amides is 1. The molecule has 8 nitrogen and oxygen atoms in total. The van der Waals surface area contributed by atoms with E-state index in [0.29, 0.717) is 28.8 Å². The molecule has 8 heteroatoms. The van der Waals surface area contributed by atoms with Crippen molar-refractivity contribution in [2.45, 2.75) is 26.3 Å². The van der Waals surface area contributed by atoms with Gasteiger partial charge < -0.3 is 14.5 Å². The van der Waals surface area contributed by atoms with Crippen LogP contribution in [0.5, 0.6) is 5.75 Å². The Morgan fingerprint density at radius 1 is 1.40 bits per heavy atom. The third-order valence-electron chi connectivity index (χ3n) is 3.70. The van der Waals surface area contributed by atoms with Gasteiger partial charge in [-0.15, -0.1) is 10.2 Å². The summed E-state index contributed by atoms with van der Waals surface area (Å²) in [5.74, 6) is 1.28. The van der Waals surface area contributed by atoms with Crippen molar-refractivity contribution in [2.75, 3.05) is 12.4 Å². The highest BCUT2D eigenvalue weighted by atomic mass is 16.5. The Morgan fingerprint density at radius 2 is 2.24 bits per heavy atom. The Bertz CT molecular complexity index is 857. The first-order chi connectivity index (χ1) is 12.1. The molecule has 2 heterocycles. The van der Waals surface area contributed by atoms with Crippen LogP contribution in [-0.4, -0.2) is 33.0 Å². The SMILES string of the molecule is COc1ccc(-c2nnc(C)o2)cc1NC(=O)C[C@H](C)n1cccn1. The summed E-state index contributed by atoms with van der Waals surface area (Å²) in [7, 11) is 1.55. The maximum atomic E-state index is 12.4. The number of nitrogens with zero attached hydrogens (tertiary/aromatic N) is 4. The lowest BCUT2D eigenvalue weighted by atomic mass is 10.1. The Labute approximate surface area is 144 Å². The summed E-state index contributed by atoms with van der Waals surface area (Å²) >= 11 is 0. The standard InChI is InChI=1S/C17H19N5O3/c1-11(22-8-4-7-18-22)9-16(23)19-14-10-13(5-6-15(14)24-3)17-21-20-12(2)25-17/h4-8,10-11H,9H2,1-3H3,(H,19,23)/t11-/m0/s1. The third-order valence-corrected chi connectivity index (χ3v) is 3.70. The zero-order valence-corrected chi connectivity index (χ0v) is 14.3. The van der Waals surface area contributed by atoms with Crippen LogP contribution in [0.4, 0.5) is 5.69 Å². The molecule has 0 radical (unpaired) electrons. The molecule has 0 aliphatic heterocycles. The molecule has 130 valence electrons. The van der Waals surface area contributed by atoms with Gasteiger partial charge in [-0.1, -0.05) is 0 Å². The number of benzene rings is 1. The third kappa shape index (κ3) is 3.85. The molecule has 0 saturated heterocycles. The van der Waals surface area contributed by atoms with Crippen molar-refractivity contribution in [3.63, 3.8) is 0 Å². The van der Waals surface area contributed by atoms with E-state index in [4.69, 9.17) is 9.15 Å². The summed E-state index contributed by atoms with van der Waals surface area (Å²) in [5.41, 5.74) is 1.25. The second-order valence-electron chi connectivity index (χ2n) is 5.63. The Morgan fingerprint density at radius 3 is 2.88 bits per heavy atom. The van der Waals surface area contributed by atoms with E-state index in [1.54, 1.807) is 43.1 Å². The van der Waals surface area contributed by atoms with Gasteiger partial charge in [-0.3, -0.25) is 9.48 Å². The van der Waals surface area contributed by atoms with E-state index < -0.39 is 0 Å². The van der Waals surface area contributed by atoms with E-state index in [2.05, 4.69) is 20.6 Å². The van der Waals surface area contributed by atoms with Crippen LogP contribution in [-0.2, 0) is 4.79 Å². The fourth-order valence-corrected chi connectivity index (χ4v) is 2.46. The Hall–Kier alpha value is -3.16. The van der Waals surface area contributed by atoms with Crippen LogP contribution in [0, 0.1) is 6.92 Å². The highest BCUT2D eigenvalue weighted by molar-refractivity contribution is 5.93. The van der Waals surface area contributed by atoms with Crippen LogP contribution in [0.1, 0.15) is 25.3 Å². The summed E-state index contributed by atoms with van der Waals surface area (Å²) in [6.07, 6.45) is 3.80. The second kappa shape index (κ2) is 7.16. The Balaban J connectivity index is 1.77. The number of nitrogens with one attached hydrogen (secondary N) is 1. The zero-order chi connectivity index (χ0) is 17.8. The number of methoxy groups -OCH3 is 1. The van der Waals surface area contributed by atoms with E-state index in [-0.39, 0.29) is 18.4 Å². The Kier molecular flexibility index (Phi) is 4.78. The molecule has 1 amide bonds. The van der Waals surface area contributed by atoms with Crippen LogP contribution in [0.3, 0.4) is 0 Å². The molecule has 2 aromatic heterocycles. The van der Waals surface area contributed by atoms with Crippen molar-refractivity contribution in [3.8, 4) is 17.2 Å². The normalized spacial score (nSPS) is 12.0. The van der Waals surface area contributed by atoms with Gasteiger partial charge in [0.15, 0.2) is 0 Å². The molecule has 0 saturated carbocycles. The zero-order valence-electron chi connectivity index (χ0n) is 14.3. The predicted molar refractivity (Wildman–Crippen MR) is 91.2 cm³/mol. The van der Waals surface area contributed by atoms with Crippen molar-refractivity contribution in [2.24, 2.45) is 0 Å². The number of hydrogen-bond donors (Lipinski definition) is 1. The molecule has 0 aliphatic rings. The minimum Gasteiger partial charge on any atom is -0.495 e. The van der Waals surface area contributed by atoms with Gasteiger partial charge in [0.05, 0.1) is 18.8 Å². The van der Waals surface area contributed by atoms with Crippen molar-refractivity contribution in [1.82, 2.24) is 20.0 Å². The fourth-order valence-electron chi connectivity index (χ4n) is 2.46. The van der Waals surface area contributed by atoms with Crippen LogP contribution >= 0.6 is 0 Å². The molecular weight excluding hydrogens is 322 g/mol. The molecular formula is C17H19N5O3. The first-order valence-electron chi connectivity index (χ1n) is 7.84. The van der Waals surface area contributed by atoms with Crippen LogP contribution in [0.25, 0.3) is 11.5 Å². The van der Waals surface area contributed by atoms with Gasteiger partial charge in [0, 0.05) is 31.3 Å². The lowest BCUT2D eigenvalue weighted by molar-refractivity contribution is -0.116. The molecule has 1 N–H and O–H groups in total. The number of carbonyl (C=O) groups is 1. The van der Waals surface area contributed by atoms with Crippen molar-refractivity contribution < 1.29 is 13.9 Å². The molecule has 0 unspecified atom stereocenters. The number of rotatable bonds is 6. The minimum atomic E-state index is -0.139. The minimum absolute atomic E-state index is 0.0530. The smallest absolute Gasteiger partial charge is 0.247 e. The fraction of sp³-hybridized carbons (Fsp3) is 0.294. The van der Waals surface area contributed by atoms with Gasteiger partial charge in [0.2, 0.25) is 17.7 Å².